The van der Waals surface area contributed by atoms with E-state index in [1.165, 1.54) is 0 Å². The summed E-state index contributed by atoms with van der Waals surface area (Å²) in [6.07, 6.45) is 0. The van der Waals surface area contributed by atoms with Crippen molar-refractivity contribution < 1.29 is 4.79 Å². The topological polar surface area (TPSA) is 42.0 Å². The second kappa shape index (κ2) is 7.48. The highest BCUT2D eigenvalue weighted by molar-refractivity contribution is 7.13. The maximum Gasteiger partial charge on any atom is 0.235 e. The molecule has 0 bridgehead atoms. The number of aromatic nitrogens is 1. The Bertz CT molecular complexity index is 530. The third-order valence-electron chi connectivity index (χ3n) is 2.49. The number of amides is 1. The van der Waals surface area contributed by atoms with E-state index in [2.05, 4.69) is 10.3 Å². The minimum atomic E-state index is -0.182. The lowest BCUT2D eigenvalue weighted by atomic mass is 10.2. The first-order chi connectivity index (χ1) is 8.70. The molecule has 0 saturated heterocycles. The van der Waals surface area contributed by atoms with E-state index in [1.54, 1.807) is 11.3 Å². The largest absolute Gasteiger partial charge is 0.347 e. The Hall–Kier alpha value is -1.10. The Morgan fingerprint density at radius 2 is 2.11 bits per heavy atom. The number of carbonyl (C=O) groups excluding carboxylic acids is 1. The standard InChI is InChI=1S/C13H13ClN2OS.ClH/c1-9(15-12(17)7-14)11-8-18-13(16-11)10-5-3-2-4-6-10;/h2-6,8-9H,7H2,1H3,(H,15,17);1H. The number of hydrogen-bond acceptors (Lipinski definition) is 3. The van der Waals surface area contributed by atoms with Crippen LogP contribution in [0.2, 0.25) is 0 Å². The van der Waals surface area contributed by atoms with E-state index in [0.717, 1.165) is 16.3 Å². The quantitative estimate of drug-likeness (QED) is 0.875. The Labute approximate surface area is 127 Å². The third kappa shape index (κ3) is 4.20. The molecule has 0 aliphatic heterocycles. The number of thiazole rings is 1. The summed E-state index contributed by atoms with van der Waals surface area (Å²) in [4.78, 5) is 15.7. The number of nitrogens with one attached hydrogen (secondary N) is 1. The van der Waals surface area contributed by atoms with E-state index >= 15 is 0 Å². The SMILES string of the molecule is CC(NC(=O)CCl)c1csc(-c2ccccc2)n1.Cl. The molecule has 1 atom stereocenters. The number of halogens is 2. The summed E-state index contributed by atoms with van der Waals surface area (Å²) in [6.45, 7) is 1.90. The van der Waals surface area contributed by atoms with Gasteiger partial charge in [0.2, 0.25) is 5.91 Å². The van der Waals surface area contributed by atoms with Crippen molar-refractivity contribution in [2.45, 2.75) is 13.0 Å². The molecule has 0 fully saturated rings. The van der Waals surface area contributed by atoms with Gasteiger partial charge in [-0.05, 0) is 6.92 Å². The van der Waals surface area contributed by atoms with E-state index in [0.29, 0.717) is 0 Å². The molecular formula is C13H14Cl2N2OS. The third-order valence-corrected chi connectivity index (χ3v) is 3.64. The normalized spacial score (nSPS) is 11.5. The van der Waals surface area contributed by atoms with Crippen molar-refractivity contribution in [3.63, 3.8) is 0 Å². The first-order valence-corrected chi connectivity index (χ1v) is 6.98. The average molecular weight is 317 g/mol. The van der Waals surface area contributed by atoms with Crippen LogP contribution in [0.5, 0.6) is 0 Å². The van der Waals surface area contributed by atoms with Crippen LogP contribution in [0.15, 0.2) is 35.7 Å². The van der Waals surface area contributed by atoms with Gasteiger partial charge in [-0.15, -0.1) is 35.3 Å². The lowest BCUT2D eigenvalue weighted by Crippen LogP contribution is -2.27. The van der Waals surface area contributed by atoms with Crippen LogP contribution < -0.4 is 5.32 Å². The van der Waals surface area contributed by atoms with Crippen molar-refractivity contribution in [1.82, 2.24) is 10.3 Å². The molecule has 3 nitrogen and oxygen atoms in total. The van der Waals surface area contributed by atoms with E-state index < -0.39 is 0 Å². The Balaban J connectivity index is 0.00000180. The fourth-order valence-electron chi connectivity index (χ4n) is 1.55. The van der Waals surface area contributed by atoms with Gasteiger partial charge in [-0.1, -0.05) is 30.3 Å². The van der Waals surface area contributed by atoms with Gasteiger partial charge in [0.15, 0.2) is 0 Å². The van der Waals surface area contributed by atoms with Crippen LogP contribution in [-0.2, 0) is 4.79 Å². The number of rotatable bonds is 4. The number of carbonyl (C=O) groups is 1. The fourth-order valence-corrected chi connectivity index (χ4v) is 2.55. The second-order valence-electron chi connectivity index (χ2n) is 3.87. The monoisotopic (exact) mass is 316 g/mol. The summed E-state index contributed by atoms with van der Waals surface area (Å²) < 4.78 is 0. The van der Waals surface area contributed by atoms with Gasteiger partial charge in [0.05, 0.1) is 11.7 Å². The Kier molecular flexibility index (Phi) is 6.28. The molecule has 0 radical (unpaired) electrons. The van der Waals surface area contributed by atoms with Crippen molar-refractivity contribution in [1.29, 1.82) is 0 Å². The van der Waals surface area contributed by atoms with Crippen LogP contribution in [0.1, 0.15) is 18.7 Å². The molecule has 19 heavy (non-hydrogen) atoms. The molecule has 2 aromatic rings. The summed E-state index contributed by atoms with van der Waals surface area (Å²) in [6, 6.07) is 9.85. The maximum atomic E-state index is 11.2. The molecule has 1 aromatic carbocycles. The van der Waals surface area contributed by atoms with E-state index in [4.69, 9.17) is 11.6 Å². The smallest absolute Gasteiger partial charge is 0.235 e. The summed E-state index contributed by atoms with van der Waals surface area (Å²) in [5, 5.41) is 5.70. The van der Waals surface area contributed by atoms with Gasteiger partial charge < -0.3 is 5.32 Å². The highest BCUT2D eigenvalue weighted by atomic mass is 35.5. The lowest BCUT2D eigenvalue weighted by molar-refractivity contribution is -0.119. The highest BCUT2D eigenvalue weighted by Gasteiger charge is 2.12. The van der Waals surface area contributed by atoms with Gasteiger partial charge >= 0.3 is 0 Å². The first-order valence-electron chi connectivity index (χ1n) is 5.57. The van der Waals surface area contributed by atoms with Crippen LogP contribution in [0.3, 0.4) is 0 Å². The number of hydrogen-bond donors (Lipinski definition) is 1. The van der Waals surface area contributed by atoms with Crippen molar-refractivity contribution in [2.75, 3.05) is 5.88 Å². The molecule has 0 aliphatic carbocycles. The summed E-state index contributed by atoms with van der Waals surface area (Å²) in [5.74, 6) is -0.210. The minimum absolute atomic E-state index is 0. The number of benzene rings is 1. The van der Waals surface area contributed by atoms with E-state index in [9.17, 15) is 4.79 Å². The van der Waals surface area contributed by atoms with Crippen LogP contribution in [0.4, 0.5) is 0 Å². The zero-order valence-corrected chi connectivity index (χ0v) is 12.7. The summed E-state index contributed by atoms with van der Waals surface area (Å²) in [5.41, 5.74) is 1.95. The zero-order valence-electron chi connectivity index (χ0n) is 10.3. The highest BCUT2D eigenvalue weighted by Crippen LogP contribution is 2.25. The van der Waals surface area contributed by atoms with E-state index in [1.807, 2.05) is 42.6 Å². The first kappa shape index (κ1) is 16.0. The van der Waals surface area contributed by atoms with Gasteiger partial charge in [0.25, 0.3) is 0 Å². The number of alkyl halides is 1. The molecular weight excluding hydrogens is 303 g/mol. The maximum absolute atomic E-state index is 11.2. The minimum Gasteiger partial charge on any atom is -0.347 e. The molecule has 0 saturated carbocycles. The molecule has 2 rings (SSSR count). The van der Waals surface area contributed by atoms with Crippen LogP contribution in [0.25, 0.3) is 10.6 Å². The van der Waals surface area contributed by atoms with Crippen molar-refractivity contribution in [3.8, 4) is 10.6 Å². The van der Waals surface area contributed by atoms with Crippen molar-refractivity contribution in [3.05, 3.63) is 41.4 Å². The zero-order chi connectivity index (χ0) is 13.0. The molecule has 102 valence electrons. The predicted octanol–water partition coefficient (Wildman–Crippen LogP) is 3.65. The average Bonchev–Trinajstić information content (AvgIpc) is 2.89. The van der Waals surface area contributed by atoms with Gasteiger partial charge in [-0.3, -0.25) is 4.79 Å². The van der Waals surface area contributed by atoms with Gasteiger partial charge in [0.1, 0.15) is 10.9 Å². The summed E-state index contributed by atoms with van der Waals surface area (Å²) in [7, 11) is 0. The Morgan fingerprint density at radius 3 is 2.74 bits per heavy atom. The molecule has 1 heterocycles. The fraction of sp³-hybridized carbons (Fsp3) is 0.231. The molecule has 1 N–H and O–H groups in total. The lowest BCUT2D eigenvalue weighted by Gasteiger charge is -2.09. The van der Waals surface area contributed by atoms with E-state index in [-0.39, 0.29) is 30.2 Å². The molecule has 1 aromatic heterocycles. The predicted molar refractivity (Wildman–Crippen MR) is 82.1 cm³/mol. The van der Waals surface area contributed by atoms with Crippen LogP contribution >= 0.6 is 35.3 Å². The number of nitrogens with zero attached hydrogens (tertiary/aromatic N) is 1. The second-order valence-corrected chi connectivity index (χ2v) is 4.99. The van der Waals surface area contributed by atoms with Gasteiger partial charge in [-0.2, -0.15) is 0 Å². The Morgan fingerprint density at radius 1 is 1.42 bits per heavy atom. The van der Waals surface area contributed by atoms with Crippen molar-refractivity contribution >= 4 is 41.3 Å². The molecule has 1 amide bonds. The van der Waals surface area contributed by atoms with Crippen LogP contribution in [-0.4, -0.2) is 16.8 Å². The van der Waals surface area contributed by atoms with Crippen LogP contribution in [0, 0.1) is 0 Å². The van der Waals surface area contributed by atoms with Crippen molar-refractivity contribution in [2.24, 2.45) is 0 Å². The molecule has 1 unspecified atom stereocenters. The van der Waals surface area contributed by atoms with Gasteiger partial charge in [-0.25, -0.2) is 4.98 Å². The summed E-state index contributed by atoms with van der Waals surface area (Å²) >= 11 is 7.03. The van der Waals surface area contributed by atoms with Gasteiger partial charge in [0, 0.05) is 10.9 Å². The molecule has 0 aliphatic rings. The molecule has 6 heteroatoms. The molecule has 0 spiro atoms.